The summed E-state index contributed by atoms with van der Waals surface area (Å²) in [5.41, 5.74) is 0. The van der Waals surface area contributed by atoms with Crippen LogP contribution < -0.4 is 16.0 Å². The molecule has 2 heterocycles. The number of rotatable bonds is 3. The van der Waals surface area contributed by atoms with E-state index in [0.29, 0.717) is 25.0 Å². The van der Waals surface area contributed by atoms with Gasteiger partial charge < -0.3 is 16.0 Å². The van der Waals surface area contributed by atoms with Gasteiger partial charge in [0.15, 0.2) is 5.82 Å². The predicted octanol–water partition coefficient (Wildman–Crippen LogP) is -1.62. The Kier molecular flexibility index (Phi) is 3.70. The molecule has 0 saturated carbocycles. The number of hydrogen-bond acceptors (Lipinski definition) is 5. The number of hydrogen-bond donors (Lipinski definition) is 3. The second-order valence-electron chi connectivity index (χ2n) is 4.32. The summed E-state index contributed by atoms with van der Waals surface area (Å²) in [6.07, 6.45) is 1.61. The molecular weight excluding hydrogens is 220 g/mol. The molecule has 1 saturated heterocycles. The fraction of sp³-hybridized carbons (Fsp3) is 0.700. The van der Waals surface area contributed by atoms with Gasteiger partial charge in [-0.05, 0) is 6.92 Å². The summed E-state index contributed by atoms with van der Waals surface area (Å²) in [7, 11) is 1.80. The van der Waals surface area contributed by atoms with Gasteiger partial charge in [0.1, 0.15) is 6.33 Å². The average molecular weight is 238 g/mol. The van der Waals surface area contributed by atoms with Crippen LogP contribution in [0.2, 0.25) is 0 Å². The molecule has 1 aromatic rings. The minimum absolute atomic E-state index is 0.0168. The van der Waals surface area contributed by atoms with E-state index in [9.17, 15) is 4.79 Å². The van der Waals surface area contributed by atoms with Crippen LogP contribution in [0, 0.1) is 0 Å². The van der Waals surface area contributed by atoms with Crippen molar-refractivity contribution in [1.82, 2.24) is 30.7 Å². The standard InChI is InChI=1S/C10H18N6O/c1-7-3-12-8(4-11-7)10(17)13-5-9-14-6-16(2)15-9/h6-8,11-12H,3-5H2,1-2H3,(H,13,17). The number of amides is 1. The second kappa shape index (κ2) is 5.24. The minimum Gasteiger partial charge on any atom is -0.347 e. The largest absolute Gasteiger partial charge is 0.347 e. The van der Waals surface area contributed by atoms with Crippen LogP contribution in [0.15, 0.2) is 6.33 Å². The predicted molar refractivity (Wildman–Crippen MR) is 62.1 cm³/mol. The molecule has 2 atom stereocenters. The monoisotopic (exact) mass is 238 g/mol. The van der Waals surface area contributed by atoms with E-state index in [-0.39, 0.29) is 11.9 Å². The van der Waals surface area contributed by atoms with Crippen LogP contribution in [0.3, 0.4) is 0 Å². The van der Waals surface area contributed by atoms with E-state index in [1.54, 1.807) is 18.1 Å². The maximum absolute atomic E-state index is 11.8. The SMILES string of the molecule is CC1CNC(C(=O)NCc2ncn(C)n2)CN1. The molecule has 94 valence electrons. The molecule has 7 heteroatoms. The van der Waals surface area contributed by atoms with E-state index in [2.05, 4.69) is 33.0 Å². The molecule has 3 N–H and O–H groups in total. The lowest BCUT2D eigenvalue weighted by molar-refractivity contribution is -0.123. The van der Waals surface area contributed by atoms with Crippen LogP contribution in [0.4, 0.5) is 0 Å². The van der Waals surface area contributed by atoms with E-state index in [4.69, 9.17) is 0 Å². The lowest BCUT2D eigenvalue weighted by Crippen LogP contribution is -2.58. The molecule has 0 bridgehead atoms. The fourth-order valence-corrected chi connectivity index (χ4v) is 1.72. The van der Waals surface area contributed by atoms with Gasteiger partial charge in [-0.15, -0.1) is 0 Å². The van der Waals surface area contributed by atoms with Gasteiger partial charge in [0, 0.05) is 26.2 Å². The first kappa shape index (κ1) is 12.0. The smallest absolute Gasteiger partial charge is 0.238 e. The lowest BCUT2D eigenvalue weighted by Gasteiger charge is -2.28. The van der Waals surface area contributed by atoms with Gasteiger partial charge in [0.05, 0.1) is 12.6 Å². The Labute approximate surface area is 100.0 Å². The van der Waals surface area contributed by atoms with Crippen LogP contribution in [-0.4, -0.2) is 45.8 Å². The summed E-state index contributed by atoms with van der Waals surface area (Å²) < 4.78 is 1.61. The number of carbonyl (C=O) groups excluding carboxylic acids is 1. The lowest BCUT2D eigenvalue weighted by atomic mass is 10.1. The summed E-state index contributed by atoms with van der Waals surface area (Å²) in [5, 5.41) is 13.4. The van der Waals surface area contributed by atoms with E-state index < -0.39 is 0 Å². The molecule has 2 rings (SSSR count). The average Bonchev–Trinajstić information content (AvgIpc) is 2.73. The van der Waals surface area contributed by atoms with Gasteiger partial charge in [0.25, 0.3) is 0 Å². The highest BCUT2D eigenvalue weighted by atomic mass is 16.2. The first-order valence-electron chi connectivity index (χ1n) is 5.74. The summed E-state index contributed by atoms with van der Waals surface area (Å²) in [4.78, 5) is 15.9. The molecule has 1 aliphatic rings. The fourth-order valence-electron chi connectivity index (χ4n) is 1.72. The third-order valence-electron chi connectivity index (χ3n) is 2.73. The van der Waals surface area contributed by atoms with Crippen molar-refractivity contribution in [3.63, 3.8) is 0 Å². The Morgan fingerprint density at radius 1 is 1.59 bits per heavy atom. The Morgan fingerprint density at radius 3 is 3.00 bits per heavy atom. The first-order valence-corrected chi connectivity index (χ1v) is 5.74. The molecule has 17 heavy (non-hydrogen) atoms. The maximum atomic E-state index is 11.8. The summed E-state index contributed by atoms with van der Waals surface area (Å²) in [6, 6.07) is 0.242. The first-order chi connectivity index (χ1) is 8.15. The van der Waals surface area contributed by atoms with E-state index in [1.807, 2.05) is 0 Å². The Balaban J connectivity index is 1.77. The van der Waals surface area contributed by atoms with Crippen LogP contribution in [0.5, 0.6) is 0 Å². The van der Waals surface area contributed by atoms with Crippen molar-refractivity contribution in [2.45, 2.75) is 25.6 Å². The summed E-state index contributed by atoms with van der Waals surface area (Å²) in [5.74, 6) is 0.606. The van der Waals surface area contributed by atoms with Crippen molar-refractivity contribution in [1.29, 1.82) is 0 Å². The highest BCUT2D eigenvalue weighted by Crippen LogP contribution is 1.94. The zero-order chi connectivity index (χ0) is 12.3. The van der Waals surface area contributed by atoms with Crippen LogP contribution >= 0.6 is 0 Å². The molecule has 1 aliphatic heterocycles. The van der Waals surface area contributed by atoms with Crippen molar-refractivity contribution in [3.05, 3.63) is 12.2 Å². The van der Waals surface area contributed by atoms with Crippen molar-refractivity contribution in [2.75, 3.05) is 13.1 Å². The highest BCUT2D eigenvalue weighted by Gasteiger charge is 2.22. The molecule has 1 aromatic heterocycles. The summed E-state index contributed by atoms with van der Waals surface area (Å²) >= 11 is 0. The molecular formula is C10H18N6O. The Bertz CT molecular complexity index is 382. The molecule has 0 aliphatic carbocycles. The van der Waals surface area contributed by atoms with Gasteiger partial charge in [-0.1, -0.05) is 0 Å². The van der Waals surface area contributed by atoms with Gasteiger partial charge in [-0.3, -0.25) is 9.48 Å². The Hall–Kier alpha value is -1.47. The van der Waals surface area contributed by atoms with Crippen molar-refractivity contribution < 1.29 is 4.79 Å². The maximum Gasteiger partial charge on any atom is 0.238 e. The number of piperazine rings is 1. The summed E-state index contributed by atoms with van der Waals surface area (Å²) in [6.45, 7) is 3.91. The number of nitrogens with zero attached hydrogens (tertiary/aromatic N) is 3. The van der Waals surface area contributed by atoms with Gasteiger partial charge in [0.2, 0.25) is 5.91 Å². The third kappa shape index (κ3) is 3.24. The van der Waals surface area contributed by atoms with Gasteiger partial charge >= 0.3 is 0 Å². The van der Waals surface area contributed by atoms with Crippen LogP contribution in [-0.2, 0) is 18.4 Å². The third-order valence-corrected chi connectivity index (χ3v) is 2.73. The number of aryl methyl sites for hydroxylation is 1. The van der Waals surface area contributed by atoms with Crippen molar-refractivity contribution in [3.8, 4) is 0 Å². The molecule has 1 fully saturated rings. The second-order valence-corrected chi connectivity index (χ2v) is 4.32. The molecule has 2 unspecified atom stereocenters. The molecule has 0 spiro atoms. The Morgan fingerprint density at radius 2 is 2.41 bits per heavy atom. The van der Waals surface area contributed by atoms with E-state index in [1.165, 1.54) is 0 Å². The van der Waals surface area contributed by atoms with Crippen LogP contribution in [0.25, 0.3) is 0 Å². The molecule has 0 radical (unpaired) electrons. The normalized spacial score (nSPS) is 24.6. The topological polar surface area (TPSA) is 83.9 Å². The number of nitrogens with one attached hydrogen (secondary N) is 3. The molecule has 7 nitrogen and oxygen atoms in total. The molecule has 0 aromatic carbocycles. The van der Waals surface area contributed by atoms with Gasteiger partial charge in [-0.2, -0.15) is 5.10 Å². The van der Waals surface area contributed by atoms with Gasteiger partial charge in [-0.25, -0.2) is 4.98 Å². The minimum atomic E-state index is -0.171. The van der Waals surface area contributed by atoms with Crippen LogP contribution in [0.1, 0.15) is 12.7 Å². The molecule has 1 amide bonds. The zero-order valence-corrected chi connectivity index (χ0v) is 10.1. The van der Waals surface area contributed by atoms with Crippen molar-refractivity contribution in [2.24, 2.45) is 7.05 Å². The zero-order valence-electron chi connectivity index (χ0n) is 10.1. The number of carbonyl (C=O) groups is 1. The van der Waals surface area contributed by atoms with E-state index in [0.717, 1.165) is 6.54 Å². The van der Waals surface area contributed by atoms with Crippen molar-refractivity contribution >= 4 is 5.91 Å². The number of aromatic nitrogens is 3. The van der Waals surface area contributed by atoms with E-state index >= 15 is 0 Å². The quantitative estimate of drug-likeness (QED) is 0.589. The highest BCUT2D eigenvalue weighted by molar-refractivity contribution is 5.82.